The molecular weight excluding hydrogens is 398 g/mol. The first kappa shape index (κ1) is 23.9. The molecular formula is C24H29NO6. The number of benzene rings is 2. The predicted molar refractivity (Wildman–Crippen MR) is 116 cm³/mol. The number of amides is 1. The number of nitrogens with one attached hydrogen (secondary N) is 1. The van der Waals surface area contributed by atoms with E-state index in [-0.39, 0.29) is 17.7 Å². The maximum atomic E-state index is 12.3. The summed E-state index contributed by atoms with van der Waals surface area (Å²) in [5.41, 5.74) is 1.67. The van der Waals surface area contributed by atoms with Crippen molar-refractivity contribution in [2.24, 2.45) is 0 Å². The third-order valence-corrected chi connectivity index (χ3v) is 4.69. The Balaban J connectivity index is 1.78. The van der Waals surface area contributed by atoms with Crippen molar-refractivity contribution >= 4 is 17.7 Å². The van der Waals surface area contributed by atoms with Crippen LogP contribution >= 0.6 is 0 Å². The Morgan fingerprint density at radius 2 is 1.71 bits per heavy atom. The summed E-state index contributed by atoms with van der Waals surface area (Å²) in [5.74, 6) is -0.522. The van der Waals surface area contributed by atoms with Gasteiger partial charge in [0.2, 0.25) is 0 Å². The van der Waals surface area contributed by atoms with Gasteiger partial charge >= 0.3 is 5.97 Å². The minimum absolute atomic E-state index is 0.0610. The molecule has 1 N–H and O–H groups in total. The monoisotopic (exact) mass is 427 g/mol. The summed E-state index contributed by atoms with van der Waals surface area (Å²) in [5, 5.41) is 2.86. The Morgan fingerprint density at radius 3 is 2.35 bits per heavy atom. The van der Waals surface area contributed by atoms with Gasteiger partial charge in [0.1, 0.15) is 0 Å². The molecule has 2 aromatic carbocycles. The number of esters is 1. The van der Waals surface area contributed by atoms with Crippen LogP contribution in [0.1, 0.15) is 43.1 Å². The molecule has 2 aromatic rings. The van der Waals surface area contributed by atoms with E-state index >= 15 is 0 Å². The van der Waals surface area contributed by atoms with Gasteiger partial charge in [0.15, 0.2) is 30.0 Å². The van der Waals surface area contributed by atoms with Gasteiger partial charge in [0.05, 0.1) is 7.11 Å². The topological polar surface area (TPSA) is 90.9 Å². The summed E-state index contributed by atoms with van der Waals surface area (Å²) < 4.78 is 15.8. The maximum absolute atomic E-state index is 12.3. The zero-order valence-electron chi connectivity index (χ0n) is 18.3. The zero-order chi connectivity index (χ0) is 22.8. The van der Waals surface area contributed by atoms with Crippen molar-refractivity contribution in [3.8, 4) is 11.5 Å². The molecule has 0 aromatic heterocycles. The fourth-order valence-electron chi connectivity index (χ4n) is 2.89. The zero-order valence-corrected chi connectivity index (χ0v) is 18.3. The number of aryl methyl sites for hydroxylation is 1. The first-order valence-electron chi connectivity index (χ1n) is 10.2. The quantitative estimate of drug-likeness (QED) is 0.437. The summed E-state index contributed by atoms with van der Waals surface area (Å²) in [6.45, 7) is 4.48. The Labute approximate surface area is 182 Å². The fourth-order valence-corrected chi connectivity index (χ4v) is 2.89. The highest BCUT2D eigenvalue weighted by atomic mass is 16.6. The minimum atomic E-state index is -0.947. The number of ether oxygens (including phenoxy) is 3. The van der Waals surface area contributed by atoms with E-state index in [2.05, 4.69) is 5.32 Å². The Hall–Kier alpha value is -3.35. The number of hydrogen-bond donors (Lipinski definition) is 1. The van der Waals surface area contributed by atoms with Crippen LogP contribution in [0.5, 0.6) is 11.5 Å². The maximum Gasteiger partial charge on any atom is 0.344 e. The van der Waals surface area contributed by atoms with Crippen LogP contribution in [0, 0.1) is 0 Å². The Bertz CT molecular complexity index is 896. The molecule has 31 heavy (non-hydrogen) atoms. The first-order valence-corrected chi connectivity index (χ1v) is 10.2. The van der Waals surface area contributed by atoms with Crippen LogP contribution in [0.3, 0.4) is 0 Å². The number of carbonyl (C=O) groups excluding carboxylic acids is 3. The molecule has 0 aliphatic rings. The smallest absolute Gasteiger partial charge is 0.344 e. The van der Waals surface area contributed by atoms with E-state index in [1.165, 1.54) is 32.6 Å². The van der Waals surface area contributed by atoms with E-state index in [1.807, 2.05) is 37.3 Å². The van der Waals surface area contributed by atoms with Crippen LogP contribution in [0.4, 0.5) is 0 Å². The third-order valence-electron chi connectivity index (χ3n) is 4.69. The van der Waals surface area contributed by atoms with Crippen molar-refractivity contribution < 1.29 is 28.6 Å². The summed E-state index contributed by atoms with van der Waals surface area (Å²) in [6.07, 6.45) is 0.668. The van der Waals surface area contributed by atoms with Crippen LogP contribution in [0.25, 0.3) is 0 Å². The normalized spacial score (nSPS) is 12.4. The highest BCUT2D eigenvalue weighted by Crippen LogP contribution is 2.28. The summed E-state index contributed by atoms with van der Waals surface area (Å²) >= 11 is 0. The number of methoxy groups -OCH3 is 1. The summed E-state index contributed by atoms with van der Waals surface area (Å²) in [7, 11) is 1.44. The molecule has 166 valence electrons. The molecule has 0 heterocycles. The van der Waals surface area contributed by atoms with E-state index in [4.69, 9.17) is 14.2 Å². The lowest BCUT2D eigenvalue weighted by Crippen LogP contribution is -2.41. The molecule has 0 aliphatic heterocycles. The van der Waals surface area contributed by atoms with E-state index in [0.717, 1.165) is 12.8 Å². The molecule has 0 radical (unpaired) electrons. The van der Waals surface area contributed by atoms with Crippen LogP contribution in [0.15, 0.2) is 48.5 Å². The molecule has 2 atom stereocenters. The van der Waals surface area contributed by atoms with Gasteiger partial charge in [-0.05, 0) is 57.4 Å². The average Bonchev–Trinajstić information content (AvgIpc) is 2.76. The molecule has 0 bridgehead atoms. The lowest BCUT2D eigenvalue weighted by molar-refractivity contribution is -0.156. The van der Waals surface area contributed by atoms with Crippen molar-refractivity contribution in [1.82, 2.24) is 5.32 Å². The molecule has 1 amide bonds. The van der Waals surface area contributed by atoms with E-state index in [1.54, 1.807) is 12.1 Å². The molecule has 0 spiro atoms. The van der Waals surface area contributed by atoms with Gasteiger partial charge in [-0.15, -0.1) is 0 Å². The van der Waals surface area contributed by atoms with Gasteiger partial charge in [0, 0.05) is 11.6 Å². The van der Waals surface area contributed by atoms with Crippen molar-refractivity contribution in [3.63, 3.8) is 0 Å². The Morgan fingerprint density at radius 1 is 1.00 bits per heavy atom. The van der Waals surface area contributed by atoms with Gasteiger partial charge in [-0.25, -0.2) is 4.79 Å². The second-order valence-corrected chi connectivity index (χ2v) is 7.28. The molecule has 0 unspecified atom stereocenters. The highest BCUT2D eigenvalue weighted by Gasteiger charge is 2.20. The van der Waals surface area contributed by atoms with Crippen LogP contribution in [-0.4, -0.2) is 43.5 Å². The lowest BCUT2D eigenvalue weighted by Gasteiger charge is -2.18. The first-order chi connectivity index (χ1) is 14.8. The summed E-state index contributed by atoms with van der Waals surface area (Å²) in [4.78, 5) is 35.8. The SMILES string of the molecule is COc1cc(C(C)=O)ccc1OCC(=O)O[C@H](C)C(=O)N[C@@H](C)CCc1ccccc1. The van der Waals surface area contributed by atoms with Crippen LogP contribution in [-0.2, 0) is 20.7 Å². The minimum Gasteiger partial charge on any atom is -0.493 e. The van der Waals surface area contributed by atoms with Gasteiger partial charge < -0.3 is 19.5 Å². The van der Waals surface area contributed by atoms with Crippen molar-refractivity contribution in [2.45, 2.75) is 45.8 Å². The van der Waals surface area contributed by atoms with Crippen molar-refractivity contribution in [1.29, 1.82) is 0 Å². The van der Waals surface area contributed by atoms with Crippen LogP contribution in [0.2, 0.25) is 0 Å². The molecule has 0 saturated heterocycles. The largest absolute Gasteiger partial charge is 0.493 e. The average molecular weight is 427 g/mol. The second-order valence-electron chi connectivity index (χ2n) is 7.28. The van der Waals surface area contributed by atoms with Gasteiger partial charge in [-0.3, -0.25) is 9.59 Å². The van der Waals surface area contributed by atoms with E-state index in [9.17, 15) is 14.4 Å². The number of ketones is 1. The molecule has 0 aliphatic carbocycles. The van der Waals surface area contributed by atoms with Gasteiger partial charge in [-0.1, -0.05) is 30.3 Å². The van der Waals surface area contributed by atoms with Gasteiger partial charge in [-0.2, -0.15) is 0 Å². The van der Waals surface area contributed by atoms with Crippen LogP contribution < -0.4 is 14.8 Å². The number of Topliss-reactive ketones (excluding diaryl/α,β-unsaturated/α-hetero) is 1. The second kappa shape index (κ2) is 11.7. The number of hydrogen-bond acceptors (Lipinski definition) is 6. The third kappa shape index (κ3) is 7.77. The molecule has 0 fully saturated rings. The summed E-state index contributed by atoms with van der Waals surface area (Å²) in [6, 6.07) is 14.6. The van der Waals surface area contributed by atoms with Crippen molar-refractivity contribution in [3.05, 3.63) is 59.7 Å². The lowest BCUT2D eigenvalue weighted by atomic mass is 10.1. The molecule has 0 saturated carbocycles. The van der Waals surface area contributed by atoms with Crippen molar-refractivity contribution in [2.75, 3.05) is 13.7 Å². The molecule has 7 nitrogen and oxygen atoms in total. The number of rotatable bonds is 11. The van der Waals surface area contributed by atoms with E-state index in [0.29, 0.717) is 17.1 Å². The molecule has 2 rings (SSSR count). The number of carbonyl (C=O) groups is 3. The fraction of sp³-hybridized carbons (Fsp3) is 0.375. The molecule has 7 heteroatoms. The Kier molecular flexibility index (Phi) is 9.06. The predicted octanol–water partition coefficient (Wildman–Crippen LogP) is 3.35. The standard InChI is InChI=1S/C24H29NO6/c1-16(10-11-19-8-6-5-7-9-19)25-24(28)18(3)31-23(27)15-30-21-13-12-20(17(2)26)14-22(21)29-4/h5-9,12-14,16,18H,10-11,15H2,1-4H3,(H,25,28)/t16-,18+/m0/s1. The van der Waals surface area contributed by atoms with E-state index < -0.39 is 18.7 Å². The van der Waals surface area contributed by atoms with Gasteiger partial charge in [0.25, 0.3) is 5.91 Å². The highest BCUT2D eigenvalue weighted by molar-refractivity contribution is 5.94.